The third-order valence-electron chi connectivity index (χ3n) is 1.14. The van der Waals surface area contributed by atoms with Gasteiger partial charge in [-0.25, -0.2) is 0 Å². The molecule has 44 valence electrons. The first-order valence-corrected chi connectivity index (χ1v) is 2.74. The Kier molecular flexibility index (Phi) is 1.37. The van der Waals surface area contributed by atoms with Gasteiger partial charge in [0.05, 0.1) is 6.21 Å². The SMILES string of the molecule is CC(C)C1C=NN=N1. The molecule has 1 unspecified atom stereocenters. The van der Waals surface area contributed by atoms with Crippen molar-refractivity contribution >= 4 is 6.21 Å². The zero-order chi connectivity index (χ0) is 5.98. The van der Waals surface area contributed by atoms with E-state index in [0.29, 0.717) is 5.92 Å². The van der Waals surface area contributed by atoms with Gasteiger partial charge in [0.1, 0.15) is 6.04 Å². The average molecular weight is 111 g/mol. The first kappa shape index (κ1) is 5.41. The molecule has 1 heterocycles. The van der Waals surface area contributed by atoms with E-state index in [9.17, 15) is 0 Å². The van der Waals surface area contributed by atoms with E-state index >= 15 is 0 Å². The fourth-order valence-electron chi connectivity index (χ4n) is 0.523. The number of rotatable bonds is 1. The topological polar surface area (TPSA) is 37.1 Å². The van der Waals surface area contributed by atoms with Crippen LogP contribution in [-0.4, -0.2) is 12.3 Å². The molecular weight excluding hydrogens is 102 g/mol. The summed E-state index contributed by atoms with van der Waals surface area (Å²) in [5.74, 6) is 0.532. The maximum absolute atomic E-state index is 3.84. The van der Waals surface area contributed by atoms with Crippen LogP contribution in [0, 0.1) is 5.92 Å². The van der Waals surface area contributed by atoms with Crippen molar-refractivity contribution in [3.63, 3.8) is 0 Å². The van der Waals surface area contributed by atoms with Gasteiger partial charge in [-0.3, -0.25) is 0 Å². The Morgan fingerprint density at radius 2 is 2.25 bits per heavy atom. The molecule has 3 heteroatoms. The van der Waals surface area contributed by atoms with Crippen molar-refractivity contribution in [1.29, 1.82) is 0 Å². The van der Waals surface area contributed by atoms with Gasteiger partial charge in [-0.1, -0.05) is 13.8 Å². The molecule has 0 aliphatic carbocycles. The molecule has 0 aromatic carbocycles. The van der Waals surface area contributed by atoms with Crippen molar-refractivity contribution in [2.75, 3.05) is 0 Å². The van der Waals surface area contributed by atoms with Gasteiger partial charge in [0, 0.05) is 0 Å². The second kappa shape index (κ2) is 2.03. The van der Waals surface area contributed by atoms with Crippen LogP contribution in [0.25, 0.3) is 0 Å². The van der Waals surface area contributed by atoms with E-state index in [1.54, 1.807) is 6.21 Å². The fourth-order valence-corrected chi connectivity index (χ4v) is 0.523. The van der Waals surface area contributed by atoms with Crippen molar-refractivity contribution in [1.82, 2.24) is 0 Å². The summed E-state index contributed by atoms with van der Waals surface area (Å²) in [6, 6.07) is 0.231. The molecule has 0 fully saturated rings. The van der Waals surface area contributed by atoms with Crippen LogP contribution in [-0.2, 0) is 0 Å². The van der Waals surface area contributed by atoms with E-state index in [1.165, 1.54) is 0 Å². The lowest BCUT2D eigenvalue weighted by atomic mass is 10.1. The number of nitrogens with zero attached hydrogens (tertiary/aromatic N) is 3. The summed E-state index contributed by atoms with van der Waals surface area (Å²) in [4.78, 5) is 0. The fraction of sp³-hybridized carbons (Fsp3) is 0.800. The molecule has 0 aromatic heterocycles. The lowest BCUT2D eigenvalue weighted by molar-refractivity contribution is 0.595. The Labute approximate surface area is 48.5 Å². The lowest BCUT2D eigenvalue weighted by Crippen LogP contribution is -2.10. The minimum Gasteiger partial charge on any atom is -0.159 e. The molecule has 0 N–H and O–H groups in total. The van der Waals surface area contributed by atoms with Crippen molar-refractivity contribution in [3.8, 4) is 0 Å². The van der Waals surface area contributed by atoms with Crippen LogP contribution in [0.3, 0.4) is 0 Å². The van der Waals surface area contributed by atoms with Crippen LogP contribution < -0.4 is 0 Å². The highest BCUT2D eigenvalue weighted by atomic mass is 15.4. The Hall–Kier alpha value is -0.730. The van der Waals surface area contributed by atoms with E-state index in [1.807, 2.05) is 0 Å². The summed E-state index contributed by atoms with van der Waals surface area (Å²) < 4.78 is 0. The molecule has 0 amide bonds. The summed E-state index contributed by atoms with van der Waals surface area (Å²) >= 11 is 0. The van der Waals surface area contributed by atoms with Crippen molar-refractivity contribution in [3.05, 3.63) is 0 Å². The van der Waals surface area contributed by atoms with Crippen LogP contribution in [0.2, 0.25) is 0 Å². The molecule has 1 atom stereocenters. The summed E-state index contributed by atoms with van der Waals surface area (Å²) in [5.41, 5.74) is 0. The molecule has 0 saturated heterocycles. The predicted octanol–water partition coefficient (Wildman–Crippen LogP) is 1.46. The van der Waals surface area contributed by atoms with Crippen LogP contribution >= 0.6 is 0 Å². The Morgan fingerprint density at radius 1 is 1.50 bits per heavy atom. The summed E-state index contributed by atoms with van der Waals surface area (Å²) in [7, 11) is 0. The highest BCUT2D eigenvalue weighted by Gasteiger charge is 2.11. The molecule has 0 aromatic rings. The standard InChI is InChI=1S/C5H9N3/c1-4(2)5-3-6-8-7-5/h3-5H,1-2H3. The average Bonchev–Trinajstić information content (AvgIpc) is 2.12. The maximum Gasteiger partial charge on any atom is 0.112 e. The van der Waals surface area contributed by atoms with Gasteiger partial charge in [-0.2, -0.15) is 5.11 Å². The molecule has 0 spiro atoms. The summed E-state index contributed by atoms with van der Waals surface area (Å²) in [5, 5.41) is 10.9. The smallest absolute Gasteiger partial charge is 0.112 e. The van der Waals surface area contributed by atoms with Crippen molar-refractivity contribution < 1.29 is 0 Å². The molecule has 3 nitrogen and oxygen atoms in total. The quantitative estimate of drug-likeness (QED) is 0.491. The third kappa shape index (κ3) is 0.911. The minimum atomic E-state index is 0.231. The lowest BCUT2D eigenvalue weighted by Gasteiger charge is -2.02. The molecule has 0 bridgehead atoms. The van der Waals surface area contributed by atoms with Crippen molar-refractivity contribution in [2.45, 2.75) is 19.9 Å². The molecule has 1 aliphatic heterocycles. The van der Waals surface area contributed by atoms with Crippen LogP contribution in [0.1, 0.15) is 13.8 Å². The monoisotopic (exact) mass is 111 g/mol. The van der Waals surface area contributed by atoms with Gasteiger partial charge in [0.15, 0.2) is 0 Å². The van der Waals surface area contributed by atoms with Crippen LogP contribution in [0.4, 0.5) is 0 Å². The summed E-state index contributed by atoms with van der Waals surface area (Å²) in [6.07, 6.45) is 1.77. The van der Waals surface area contributed by atoms with Gasteiger partial charge in [0.25, 0.3) is 0 Å². The Balaban J connectivity index is 2.49. The summed E-state index contributed by atoms with van der Waals surface area (Å²) in [6.45, 7) is 4.20. The van der Waals surface area contributed by atoms with Crippen molar-refractivity contribution in [2.24, 2.45) is 21.4 Å². The first-order valence-electron chi connectivity index (χ1n) is 2.74. The molecule has 0 radical (unpaired) electrons. The van der Waals surface area contributed by atoms with Gasteiger partial charge >= 0.3 is 0 Å². The second-order valence-corrected chi connectivity index (χ2v) is 2.20. The number of hydrogen-bond acceptors (Lipinski definition) is 3. The maximum atomic E-state index is 3.84. The van der Waals surface area contributed by atoms with E-state index in [-0.39, 0.29) is 6.04 Å². The van der Waals surface area contributed by atoms with E-state index in [4.69, 9.17) is 0 Å². The zero-order valence-corrected chi connectivity index (χ0v) is 5.07. The van der Waals surface area contributed by atoms with Gasteiger partial charge < -0.3 is 0 Å². The Morgan fingerprint density at radius 3 is 2.50 bits per heavy atom. The van der Waals surface area contributed by atoms with Crippen LogP contribution in [0.5, 0.6) is 0 Å². The largest absolute Gasteiger partial charge is 0.159 e. The molecule has 1 rings (SSSR count). The van der Waals surface area contributed by atoms with Gasteiger partial charge in [0.2, 0.25) is 0 Å². The molecule has 0 saturated carbocycles. The van der Waals surface area contributed by atoms with Crippen LogP contribution in [0.15, 0.2) is 15.4 Å². The van der Waals surface area contributed by atoms with E-state index in [2.05, 4.69) is 29.3 Å². The highest BCUT2D eigenvalue weighted by Crippen LogP contribution is 2.08. The molecule has 1 aliphatic rings. The number of hydrogen-bond donors (Lipinski definition) is 0. The van der Waals surface area contributed by atoms with Gasteiger partial charge in [-0.15, -0.1) is 5.10 Å². The first-order chi connectivity index (χ1) is 3.80. The highest BCUT2D eigenvalue weighted by molar-refractivity contribution is 5.65. The molecular formula is C5H9N3. The normalized spacial score (nSPS) is 25.6. The second-order valence-electron chi connectivity index (χ2n) is 2.20. The van der Waals surface area contributed by atoms with E-state index in [0.717, 1.165) is 0 Å². The minimum absolute atomic E-state index is 0.231. The van der Waals surface area contributed by atoms with Gasteiger partial charge in [-0.05, 0) is 11.1 Å². The Bertz CT molecular complexity index is 114. The third-order valence-corrected chi connectivity index (χ3v) is 1.14. The molecule has 8 heavy (non-hydrogen) atoms. The predicted molar refractivity (Wildman–Crippen MR) is 32.0 cm³/mol. The zero-order valence-electron chi connectivity index (χ0n) is 5.07. The van der Waals surface area contributed by atoms with E-state index < -0.39 is 0 Å².